The van der Waals surface area contributed by atoms with Gasteiger partial charge in [0.2, 0.25) is 0 Å². The van der Waals surface area contributed by atoms with E-state index < -0.39 is 18.3 Å². The monoisotopic (exact) mass is 310 g/mol. The number of rotatable bonds is 12. The molecule has 0 heterocycles. The van der Waals surface area contributed by atoms with Gasteiger partial charge in [0.25, 0.3) is 0 Å². The highest BCUT2D eigenvalue weighted by Gasteiger charge is 2.47. The standard InChI is InChI=1S/C12H30O5Si2/c1-7-8-9-10-11(18-12(13-2)14-3)19(15-4,16-5)17-6/h11-12H,7-10,18H2,1-6H3. The Kier molecular flexibility index (Phi) is 11.1. The summed E-state index contributed by atoms with van der Waals surface area (Å²) in [5.41, 5.74) is 0. The van der Waals surface area contributed by atoms with Crippen molar-refractivity contribution < 1.29 is 22.8 Å². The summed E-state index contributed by atoms with van der Waals surface area (Å²) in [6.45, 7) is 2.20. The first-order chi connectivity index (χ1) is 9.13. The minimum atomic E-state index is -2.59. The van der Waals surface area contributed by atoms with Crippen molar-refractivity contribution in [3.63, 3.8) is 0 Å². The summed E-state index contributed by atoms with van der Waals surface area (Å²) < 4.78 is 27.6. The Bertz CT molecular complexity index is 202. The number of hydrogen-bond donors (Lipinski definition) is 0. The summed E-state index contributed by atoms with van der Waals surface area (Å²) in [5, 5.41) is 0.323. The SMILES string of the molecule is CCCCCC([SiH2]C(OC)OC)[Si](OC)(OC)OC. The molecule has 0 radical (unpaired) electrons. The number of methoxy groups -OCH3 is 2. The van der Waals surface area contributed by atoms with Crippen LogP contribution in [0.25, 0.3) is 0 Å². The summed E-state index contributed by atoms with van der Waals surface area (Å²) in [5.74, 6) is -0.112. The summed E-state index contributed by atoms with van der Waals surface area (Å²) >= 11 is 0. The van der Waals surface area contributed by atoms with Crippen molar-refractivity contribution in [3.05, 3.63) is 0 Å². The highest BCUT2D eigenvalue weighted by molar-refractivity contribution is 6.74. The quantitative estimate of drug-likeness (QED) is 0.311. The molecule has 7 heteroatoms. The van der Waals surface area contributed by atoms with Crippen molar-refractivity contribution in [2.75, 3.05) is 35.5 Å². The summed E-state index contributed by atoms with van der Waals surface area (Å²) in [6, 6.07) is 0. The Morgan fingerprint density at radius 3 is 1.79 bits per heavy atom. The van der Waals surface area contributed by atoms with Gasteiger partial charge in [0.1, 0.15) is 5.91 Å². The fraction of sp³-hybridized carbons (Fsp3) is 1.00. The van der Waals surface area contributed by atoms with Crippen LogP contribution in [0.1, 0.15) is 32.6 Å². The molecule has 0 aliphatic carbocycles. The third-order valence-corrected chi connectivity index (χ3v) is 10.7. The first-order valence-electron chi connectivity index (χ1n) is 6.85. The maximum Gasteiger partial charge on any atom is 0.500 e. The molecule has 116 valence electrons. The van der Waals surface area contributed by atoms with Gasteiger partial charge in [-0.05, 0) is 6.42 Å². The predicted molar refractivity (Wildman–Crippen MR) is 81.0 cm³/mol. The molecule has 0 rings (SSSR count). The van der Waals surface area contributed by atoms with Crippen molar-refractivity contribution in [2.24, 2.45) is 0 Å². The van der Waals surface area contributed by atoms with Gasteiger partial charge in [-0.3, -0.25) is 0 Å². The third kappa shape index (κ3) is 6.03. The molecule has 0 aromatic carbocycles. The average Bonchev–Trinajstić information content (AvgIpc) is 2.46. The Hall–Kier alpha value is 0.234. The van der Waals surface area contributed by atoms with E-state index in [1.54, 1.807) is 35.5 Å². The fourth-order valence-electron chi connectivity index (χ4n) is 2.35. The van der Waals surface area contributed by atoms with Crippen molar-refractivity contribution >= 4 is 18.3 Å². The van der Waals surface area contributed by atoms with E-state index in [0.29, 0.717) is 5.16 Å². The van der Waals surface area contributed by atoms with Gasteiger partial charge in [-0.25, -0.2) is 0 Å². The van der Waals surface area contributed by atoms with Crippen LogP contribution in [0, 0.1) is 0 Å². The lowest BCUT2D eigenvalue weighted by Crippen LogP contribution is -2.51. The van der Waals surface area contributed by atoms with Crippen molar-refractivity contribution in [3.8, 4) is 0 Å². The fourth-order valence-corrected chi connectivity index (χ4v) is 9.01. The molecule has 0 aliphatic heterocycles. The Morgan fingerprint density at radius 2 is 1.42 bits per heavy atom. The minimum absolute atomic E-state index is 0.112. The molecule has 19 heavy (non-hydrogen) atoms. The maximum atomic E-state index is 5.64. The molecule has 0 aliphatic rings. The van der Waals surface area contributed by atoms with Crippen LogP contribution < -0.4 is 0 Å². The van der Waals surface area contributed by atoms with E-state index in [-0.39, 0.29) is 5.91 Å². The van der Waals surface area contributed by atoms with Crippen LogP contribution in [-0.4, -0.2) is 59.8 Å². The van der Waals surface area contributed by atoms with Gasteiger partial charge in [-0.15, -0.1) is 0 Å². The second-order valence-electron chi connectivity index (χ2n) is 4.55. The first-order valence-corrected chi connectivity index (χ1v) is 10.3. The van der Waals surface area contributed by atoms with Gasteiger partial charge >= 0.3 is 8.80 Å². The van der Waals surface area contributed by atoms with Gasteiger partial charge < -0.3 is 22.8 Å². The lowest BCUT2D eigenvalue weighted by molar-refractivity contribution is -0.0451. The van der Waals surface area contributed by atoms with Gasteiger partial charge in [0.05, 0.1) is 9.52 Å². The van der Waals surface area contributed by atoms with E-state index in [0.717, 1.165) is 6.42 Å². The van der Waals surface area contributed by atoms with Crippen LogP contribution in [0.2, 0.25) is 5.16 Å². The van der Waals surface area contributed by atoms with Crippen LogP contribution >= 0.6 is 0 Å². The number of hydrogen-bond acceptors (Lipinski definition) is 5. The Morgan fingerprint density at radius 1 is 0.895 bits per heavy atom. The second kappa shape index (κ2) is 11.0. The molecule has 0 aromatic rings. The molecule has 0 aromatic heterocycles. The van der Waals surface area contributed by atoms with Gasteiger partial charge in [-0.1, -0.05) is 26.2 Å². The molecule has 0 saturated carbocycles. The molecular weight excluding hydrogens is 280 g/mol. The van der Waals surface area contributed by atoms with Gasteiger partial charge in [0, 0.05) is 40.7 Å². The third-order valence-electron chi connectivity index (χ3n) is 3.51. The van der Waals surface area contributed by atoms with Crippen LogP contribution in [-0.2, 0) is 22.8 Å². The predicted octanol–water partition coefficient (Wildman–Crippen LogP) is 1.52. The molecular formula is C12H30O5Si2. The molecule has 5 nitrogen and oxygen atoms in total. The molecule has 0 bridgehead atoms. The van der Waals surface area contributed by atoms with E-state index in [1.807, 2.05) is 0 Å². The van der Waals surface area contributed by atoms with Crippen LogP contribution in [0.15, 0.2) is 0 Å². The van der Waals surface area contributed by atoms with E-state index in [2.05, 4.69) is 6.92 Å². The summed E-state index contributed by atoms with van der Waals surface area (Å²) in [4.78, 5) is 0. The van der Waals surface area contributed by atoms with E-state index in [9.17, 15) is 0 Å². The molecule has 0 fully saturated rings. The maximum absolute atomic E-state index is 5.64. The van der Waals surface area contributed by atoms with Gasteiger partial charge in [0.15, 0.2) is 0 Å². The first kappa shape index (κ1) is 19.2. The lowest BCUT2D eigenvalue weighted by atomic mass is 10.2. The van der Waals surface area contributed by atoms with Crippen molar-refractivity contribution in [1.82, 2.24) is 0 Å². The van der Waals surface area contributed by atoms with Crippen LogP contribution in [0.5, 0.6) is 0 Å². The zero-order valence-electron chi connectivity index (χ0n) is 13.2. The van der Waals surface area contributed by atoms with E-state index in [4.69, 9.17) is 22.8 Å². The van der Waals surface area contributed by atoms with Crippen LogP contribution in [0.4, 0.5) is 0 Å². The van der Waals surface area contributed by atoms with E-state index in [1.165, 1.54) is 19.3 Å². The van der Waals surface area contributed by atoms with Crippen molar-refractivity contribution in [2.45, 2.75) is 43.7 Å². The molecule has 0 saturated heterocycles. The van der Waals surface area contributed by atoms with Crippen molar-refractivity contribution in [1.29, 1.82) is 0 Å². The highest BCUT2D eigenvalue weighted by atomic mass is 28.4. The Labute approximate surface area is 121 Å². The summed E-state index contributed by atoms with van der Waals surface area (Å²) in [7, 11) is 5.11. The summed E-state index contributed by atoms with van der Waals surface area (Å²) in [6.07, 6.45) is 4.65. The topological polar surface area (TPSA) is 46.2 Å². The molecule has 0 N–H and O–H groups in total. The lowest BCUT2D eigenvalue weighted by Gasteiger charge is -2.33. The molecule has 1 atom stereocenters. The van der Waals surface area contributed by atoms with E-state index >= 15 is 0 Å². The zero-order chi connectivity index (χ0) is 14.7. The normalized spacial score (nSPS) is 14.7. The molecule has 0 spiro atoms. The molecule has 0 amide bonds. The Balaban J connectivity index is 4.79. The average molecular weight is 311 g/mol. The second-order valence-corrected chi connectivity index (χ2v) is 10.7. The zero-order valence-corrected chi connectivity index (χ0v) is 15.6. The number of ether oxygens (including phenoxy) is 2. The highest BCUT2D eigenvalue weighted by Crippen LogP contribution is 2.29. The van der Waals surface area contributed by atoms with Crippen LogP contribution in [0.3, 0.4) is 0 Å². The number of unbranched alkanes of at least 4 members (excludes halogenated alkanes) is 2. The van der Waals surface area contributed by atoms with Gasteiger partial charge in [-0.2, -0.15) is 0 Å². The minimum Gasteiger partial charge on any atom is -0.377 e. The molecule has 1 unspecified atom stereocenters. The largest absolute Gasteiger partial charge is 0.500 e. The smallest absolute Gasteiger partial charge is 0.377 e.